The first-order valence-corrected chi connectivity index (χ1v) is 7.34. The predicted molar refractivity (Wildman–Crippen MR) is 81.8 cm³/mol. The van der Waals surface area contributed by atoms with Crippen LogP contribution in [-0.4, -0.2) is 26.8 Å². The second-order valence-electron chi connectivity index (χ2n) is 5.07. The largest absolute Gasteiger partial charge is 0.416 e. The van der Waals surface area contributed by atoms with Crippen LogP contribution in [-0.2, 0) is 17.5 Å². The van der Waals surface area contributed by atoms with Gasteiger partial charge < -0.3 is 0 Å². The van der Waals surface area contributed by atoms with E-state index in [1.54, 1.807) is 6.92 Å². The molecule has 0 unspecified atom stereocenters. The minimum atomic E-state index is -4.50. The summed E-state index contributed by atoms with van der Waals surface area (Å²) < 4.78 is 38.5. The lowest BCUT2D eigenvalue weighted by Crippen LogP contribution is -2.45. The molecular weight excluding hydrogens is 337 g/mol. The third-order valence-electron chi connectivity index (χ3n) is 3.20. The van der Waals surface area contributed by atoms with E-state index < -0.39 is 23.6 Å². The number of hydrogen-bond acceptors (Lipinski definition) is 4. The summed E-state index contributed by atoms with van der Waals surface area (Å²) in [4.78, 5) is 31.7. The molecule has 1 heterocycles. The van der Waals surface area contributed by atoms with Crippen molar-refractivity contribution < 1.29 is 22.8 Å². The average molecular weight is 352 g/mol. The molecule has 1 N–H and O–H groups in total. The topological polar surface area (TPSA) is 75.2 Å². The molecule has 9 heteroatoms. The summed E-state index contributed by atoms with van der Waals surface area (Å²) in [7, 11) is 0. The van der Waals surface area contributed by atoms with E-state index in [1.807, 2.05) is 0 Å². The molecule has 0 aliphatic carbocycles. The van der Waals surface area contributed by atoms with Crippen molar-refractivity contribution in [1.29, 1.82) is 0 Å². The van der Waals surface area contributed by atoms with Crippen molar-refractivity contribution in [2.45, 2.75) is 26.1 Å². The number of benzene rings is 1. The third-order valence-corrected chi connectivity index (χ3v) is 3.20. The SMILES string of the molecule is CCC(=O)NN(Cc1cccc(C(F)(F)F)c1)C(=O)c1cnccn1. The van der Waals surface area contributed by atoms with E-state index in [2.05, 4.69) is 15.4 Å². The Bertz CT molecular complexity index is 751. The average Bonchev–Trinajstić information content (AvgIpc) is 2.60. The number of hydrazine groups is 1. The van der Waals surface area contributed by atoms with Crippen LogP contribution < -0.4 is 5.43 Å². The lowest BCUT2D eigenvalue weighted by atomic mass is 10.1. The second kappa shape index (κ2) is 7.73. The summed E-state index contributed by atoms with van der Waals surface area (Å²) in [5.74, 6) is -1.13. The lowest BCUT2D eigenvalue weighted by molar-refractivity contribution is -0.137. The van der Waals surface area contributed by atoms with Crippen LogP contribution in [0.1, 0.15) is 35.0 Å². The van der Waals surface area contributed by atoms with Gasteiger partial charge in [0.05, 0.1) is 18.3 Å². The van der Waals surface area contributed by atoms with Gasteiger partial charge in [-0.15, -0.1) is 0 Å². The van der Waals surface area contributed by atoms with Crippen LogP contribution in [0.3, 0.4) is 0 Å². The summed E-state index contributed by atoms with van der Waals surface area (Å²) in [6.45, 7) is 1.34. The Morgan fingerprint density at radius 2 is 2.00 bits per heavy atom. The molecule has 2 amide bonds. The van der Waals surface area contributed by atoms with E-state index in [0.717, 1.165) is 17.1 Å². The molecule has 0 aliphatic rings. The molecule has 25 heavy (non-hydrogen) atoms. The number of carbonyl (C=O) groups excluding carboxylic acids is 2. The molecule has 0 radical (unpaired) electrons. The van der Waals surface area contributed by atoms with E-state index in [9.17, 15) is 22.8 Å². The normalized spacial score (nSPS) is 11.0. The summed E-state index contributed by atoms with van der Waals surface area (Å²) in [6, 6.07) is 4.53. The van der Waals surface area contributed by atoms with Gasteiger partial charge in [0.2, 0.25) is 5.91 Å². The number of halogens is 3. The number of carbonyl (C=O) groups is 2. The fourth-order valence-corrected chi connectivity index (χ4v) is 1.97. The molecule has 0 fully saturated rings. The number of nitrogens with zero attached hydrogens (tertiary/aromatic N) is 3. The highest BCUT2D eigenvalue weighted by atomic mass is 19.4. The highest BCUT2D eigenvalue weighted by molar-refractivity contribution is 5.93. The van der Waals surface area contributed by atoms with Crippen molar-refractivity contribution in [3.05, 3.63) is 59.7 Å². The van der Waals surface area contributed by atoms with Gasteiger partial charge in [0.15, 0.2) is 0 Å². The van der Waals surface area contributed by atoms with Gasteiger partial charge in [-0.25, -0.2) is 9.99 Å². The Morgan fingerprint density at radius 3 is 2.60 bits per heavy atom. The van der Waals surface area contributed by atoms with Gasteiger partial charge in [-0.05, 0) is 17.7 Å². The summed E-state index contributed by atoms with van der Waals surface area (Å²) in [5, 5.41) is 0.922. The van der Waals surface area contributed by atoms with Crippen molar-refractivity contribution in [2.75, 3.05) is 0 Å². The Balaban J connectivity index is 2.27. The Morgan fingerprint density at radius 1 is 1.24 bits per heavy atom. The van der Waals surface area contributed by atoms with E-state index in [-0.39, 0.29) is 24.2 Å². The molecule has 0 aliphatic heterocycles. The van der Waals surface area contributed by atoms with Gasteiger partial charge in [0.1, 0.15) is 5.69 Å². The zero-order valence-electron chi connectivity index (χ0n) is 13.2. The van der Waals surface area contributed by atoms with Gasteiger partial charge in [-0.2, -0.15) is 13.2 Å². The van der Waals surface area contributed by atoms with Gasteiger partial charge in [-0.1, -0.05) is 19.1 Å². The van der Waals surface area contributed by atoms with Crippen molar-refractivity contribution in [3.63, 3.8) is 0 Å². The van der Waals surface area contributed by atoms with E-state index >= 15 is 0 Å². The monoisotopic (exact) mass is 352 g/mol. The van der Waals surface area contributed by atoms with Crippen molar-refractivity contribution in [3.8, 4) is 0 Å². The number of amides is 2. The third kappa shape index (κ3) is 5.00. The number of aromatic nitrogens is 2. The molecule has 2 aromatic rings. The van der Waals surface area contributed by atoms with Crippen LogP contribution in [0.15, 0.2) is 42.9 Å². The molecule has 0 atom stereocenters. The highest BCUT2D eigenvalue weighted by Gasteiger charge is 2.30. The Hall–Kier alpha value is -2.97. The lowest BCUT2D eigenvalue weighted by Gasteiger charge is -2.23. The Kier molecular flexibility index (Phi) is 5.68. The standard InChI is InChI=1S/C16H15F3N4O2/c1-2-14(24)22-23(15(25)13-9-20-6-7-21-13)10-11-4-3-5-12(8-11)16(17,18)19/h3-9H,2,10H2,1H3,(H,22,24). The Labute approximate surface area is 141 Å². The van der Waals surface area contributed by atoms with E-state index in [0.29, 0.717) is 0 Å². The van der Waals surface area contributed by atoms with Crippen molar-refractivity contribution in [2.24, 2.45) is 0 Å². The fourth-order valence-electron chi connectivity index (χ4n) is 1.97. The zero-order valence-corrected chi connectivity index (χ0v) is 13.2. The maximum absolute atomic E-state index is 12.8. The summed E-state index contributed by atoms with van der Waals surface area (Å²) in [5.41, 5.74) is 1.71. The van der Waals surface area contributed by atoms with Gasteiger partial charge in [-0.3, -0.25) is 20.0 Å². The van der Waals surface area contributed by atoms with Gasteiger partial charge >= 0.3 is 6.18 Å². The number of alkyl halides is 3. The number of hydrogen-bond donors (Lipinski definition) is 1. The van der Waals surface area contributed by atoms with Crippen molar-refractivity contribution >= 4 is 11.8 Å². The first-order valence-electron chi connectivity index (χ1n) is 7.34. The zero-order chi connectivity index (χ0) is 18.4. The molecule has 132 valence electrons. The van der Waals surface area contributed by atoms with Crippen molar-refractivity contribution in [1.82, 2.24) is 20.4 Å². The molecule has 0 saturated carbocycles. The molecule has 1 aromatic heterocycles. The number of rotatable bonds is 4. The van der Waals surface area contributed by atoms with Gasteiger partial charge in [0, 0.05) is 18.8 Å². The van der Waals surface area contributed by atoms with Crippen LogP contribution in [0, 0.1) is 0 Å². The quantitative estimate of drug-likeness (QED) is 0.858. The molecule has 1 aromatic carbocycles. The first kappa shape index (κ1) is 18.4. The number of nitrogens with one attached hydrogen (secondary N) is 1. The van der Waals surface area contributed by atoms with Crippen LogP contribution >= 0.6 is 0 Å². The van der Waals surface area contributed by atoms with Crippen LogP contribution in [0.25, 0.3) is 0 Å². The molecule has 0 spiro atoms. The predicted octanol–water partition coefficient (Wildman–Crippen LogP) is 2.58. The van der Waals surface area contributed by atoms with Gasteiger partial charge in [0.25, 0.3) is 5.91 Å². The summed E-state index contributed by atoms with van der Waals surface area (Å²) >= 11 is 0. The minimum Gasteiger partial charge on any atom is -0.273 e. The molecule has 2 rings (SSSR count). The maximum atomic E-state index is 12.8. The van der Waals surface area contributed by atoms with E-state index in [4.69, 9.17) is 0 Å². The summed E-state index contributed by atoms with van der Waals surface area (Å²) in [6.07, 6.45) is -0.509. The first-order chi connectivity index (χ1) is 11.8. The molecule has 0 bridgehead atoms. The van der Waals surface area contributed by atoms with Crippen LogP contribution in [0.2, 0.25) is 0 Å². The fraction of sp³-hybridized carbons (Fsp3) is 0.250. The molecular formula is C16H15F3N4O2. The maximum Gasteiger partial charge on any atom is 0.416 e. The molecule has 0 saturated heterocycles. The molecule has 6 nitrogen and oxygen atoms in total. The highest BCUT2D eigenvalue weighted by Crippen LogP contribution is 2.29. The smallest absolute Gasteiger partial charge is 0.273 e. The van der Waals surface area contributed by atoms with E-state index in [1.165, 1.54) is 30.7 Å². The minimum absolute atomic E-state index is 0.0362. The van der Waals surface area contributed by atoms with Crippen LogP contribution in [0.4, 0.5) is 13.2 Å². The second-order valence-corrected chi connectivity index (χ2v) is 5.07. The van der Waals surface area contributed by atoms with Crippen LogP contribution in [0.5, 0.6) is 0 Å².